The minimum absolute atomic E-state index is 0.00530. The van der Waals surface area contributed by atoms with Crippen LogP contribution in [0, 0.1) is 6.92 Å². The summed E-state index contributed by atoms with van der Waals surface area (Å²) in [5, 5.41) is 9.30. The van der Waals surface area contributed by atoms with Crippen LogP contribution in [0.15, 0.2) is 28.2 Å². The monoisotopic (exact) mass is 269 g/mol. The molecular formula is C12H16BrNO. The number of aryl methyl sites for hydroxylation is 1. The van der Waals surface area contributed by atoms with Crippen LogP contribution in [0.2, 0.25) is 0 Å². The van der Waals surface area contributed by atoms with Gasteiger partial charge in [0.05, 0.1) is 11.3 Å². The molecule has 0 fully saturated rings. The second kappa shape index (κ2) is 6.40. The highest BCUT2D eigenvalue weighted by Crippen LogP contribution is 2.32. The molecule has 0 spiro atoms. The van der Waals surface area contributed by atoms with Crippen molar-refractivity contribution >= 4 is 34.1 Å². The van der Waals surface area contributed by atoms with Gasteiger partial charge in [0.25, 0.3) is 0 Å². The number of hydrogen-bond donors (Lipinski definition) is 1. The van der Waals surface area contributed by atoms with E-state index in [1.54, 1.807) is 0 Å². The quantitative estimate of drug-likeness (QED) is 0.616. The molecule has 1 aromatic carbocycles. The van der Waals surface area contributed by atoms with E-state index in [4.69, 9.17) is 0 Å². The molecule has 1 N–H and O–H groups in total. The number of aliphatic hydroxyl groups excluding tert-OH is 1. The van der Waals surface area contributed by atoms with Crippen LogP contribution < -0.4 is 0 Å². The van der Waals surface area contributed by atoms with Crippen molar-refractivity contribution in [2.75, 3.05) is 0 Å². The Hall–Kier alpha value is -1.09. The van der Waals surface area contributed by atoms with Crippen molar-refractivity contribution < 1.29 is 5.11 Å². The lowest BCUT2D eigenvalue weighted by Crippen LogP contribution is -1.86. The van der Waals surface area contributed by atoms with Crippen LogP contribution in [0.4, 0.5) is 5.69 Å². The normalized spacial score (nSPS) is 8.80. The molecule has 0 amide bonds. The molecule has 0 atom stereocenters. The first-order chi connectivity index (χ1) is 7.06. The molecule has 1 aromatic rings. The van der Waals surface area contributed by atoms with Crippen LogP contribution in [0.1, 0.15) is 25.0 Å². The Kier molecular flexibility index (Phi) is 5.94. The van der Waals surface area contributed by atoms with Gasteiger partial charge in [-0.15, -0.1) is 0 Å². The number of nitrogens with zero attached hydrogens (tertiary/aromatic N) is 1. The number of halogens is 1. The Labute approximate surface area is 99.5 Å². The summed E-state index contributed by atoms with van der Waals surface area (Å²) in [7, 11) is 0. The van der Waals surface area contributed by atoms with Crippen LogP contribution >= 0.6 is 15.9 Å². The zero-order chi connectivity index (χ0) is 12.0. The Morgan fingerprint density at radius 2 is 1.93 bits per heavy atom. The first-order valence-corrected chi connectivity index (χ1v) is 5.50. The van der Waals surface area contributed by atoms with Crippen LogP contribution in [0.5, 0.6) is 0 Å². The summed E-state index contributed by atoms with van der Waals surface area (Å²) in [6.45, 7) is 12.8. The first-order valence-electron chi connectivity index (χ1n) is 4.71. The highest BCUT2D eigenvalue weighted by atomic mass is 79.9. The van der Waals surface area contributed by atoms with E-state index >= 15 is 0 Å². The maximum Gasteiger partial charge on any atom is 0.118 e. The molecule has 3 heteroatoms. The minimum Gasteiger partial charge on any atom is -0.508 e. The van der Waals surface area contributed by atoms with Crippen molar-refractivity contribution in [3.05, 3.63) is 34.3 Å². The van der Waals surface area contributed by atoms with Crippen molar-refractivity contribution in [2.24, 2.45) is 4.99 Å². The summed E-state index contributed by atoms with van der Waals surface area (Å²) in [5.41, 5.74) is 2.29. The standard InChI is InChI=1S/C10H10BrNO.C2H6/c1-6-4-8(11)10(7(2)13)9(5-6)12-3;1-2/h4-5,13H,2-3H2,1H3;1-2H3. The van der Waals surface area contributed by atoms with Crippen molar-refractivity contribution in [1.82, 2.24) is 0 Å². The van der Waals surface area contributed by atoms with E-state index in [1.165, 1.54) is 0 Å². The van der Waals surface area contributed by atoms with Crippen LogP contribution in [-0.2, 0) is 0 Å². The molecule has 0 aliphatic heterocycles. The van der Waals surface area contributed by atoms with Gasteiger partial charge in [-0.05, 0) is 47.3 Å². The molecule has 0 saturated carbocycles. The summed E-state index contributed by atoms with van der Waals surface area (Å²) < 4.78 is 0.780. The Morgan fingerprint density at radius 1 is 1.40 bits per heavy atom. The van der Waals surface area contributed by atoms with Crippen LogP contribution in [-0.4, -0.2) is 11.8 Å². The maximum absolute atomic E-state index is 9.30. The molecule has 0 saturated heterocycles. The van der Waals surface area contributed by atoms with E-state index in [9.17, 15) is 5.11 Å². The summed E-state index contributed by atoms with van der Waals surface area (Å²) in [5.74, 6) is -0.00530. The fourth-order valence-corrected chi connectivity index (χ4v) is 1.93. The predicted molar refractivity (Wildman–Crippen MR) is 71.1 cm³/mol. The van der Waals surface area contributed by atoms with Crippen molar-refractivity contribution in [2.45, 2.75) is 20.8 Å². The number of aliphatic hydroxyl groups is 1. The predicted octanol–water partition coefficient (Wildman–Crippen LogP) is 4.64. The van der Waals surface area contributed by atoms with E-state index in [-0.39, 0.29) is 5.76 Å². The van der Waals surface area contributed by atoms with Gasteiger partial charge in [0.2, 0.25) is 0 Å². The Bertz CT molecular complexity index is 372. The average Bonchev–Trinajstić information content (AvgIpc) is 2.18. The maximum atomic E-state index is 9.30. The summed E-state index contributed by atoms with van der Waals surface area (Å²) in [4.78, 5) is 3.81. The summed E-state index contributed by atoms with van der Waals surface area (Å²) in [6.07, 6.45) is 0. The van der Waals surface area contributed by atoms with Gasteiger partial charge in [0, 0.05) is 4.47 Å². The molecule has 0 aliphatic carbocycles. The number of rotatable bonds is 2. The second-order valence-corrected chi connectivity index (χ2v) is 3.60. The van der Waals surface area contributed by atoms with Gasteiger partial charge in [0.15, 0.2) is 0 Å². The molecule has 15 heavy (non-hydrogen) atoms. The molecule has 0 unspecified atom stereocenters. The molecule has 0 heterocycles. The van der Waals surface area contributed by atoms with E-state index < -0.39 is 0 Å². The summed E-state index contributed by atoms with van der Waals surface area (Å²) in [6, 6.07) is 3.74. The van der Waals surface area contributed by atoms with Crippen LogP contribution in [0.25, 0.3) is 5.76 Å². The van der Waals surface area contributed by atoms with Gasteiger partial charge in [-0.2, -0.15) is 0 Å². The average molecular weight is 270 g/mol. The van der Waals surface area contributed by atoms with E-state index in [1.807, 2.05) is 32.9 Å². The van der Waals surface area contributed by atoms with Crippen LogP contribution in [0.3, 0.4) is 0 Å². The molecule has 1 rings (SSSR count). The van der Waals surface area contributed by atoms with Crippen molar-refractivity contribution in [3.63, 3.8) is 0 Å². The minimum atomic E-state index is -0.00530. The lowest BCUT2D eigenvalue weighted by Gasteiger charge is -2.07. The SMILES string of the molecule is C=Nc1cc(C)cc(Br)c1C(=C)O.CC. The topological polar surface area (TPSA) is 32.6 Å². The number of benzene rings is 1. The zero-order valence-electron chi connectivity index (χ0n) is 9.34. The fourth-order valence-electron chi connectivity index (χ4n) is 1.13. The van der Waals surface area contributed by atoms with Crippen molar-refractivity contribution in [1.29, 1.82) is 0 Å². The third-order valence-corrected chi connectivity index (χ3v) is 2.30. The van der Waals surface area contributed by atoms with Gasteiger partial charge in [0.1, 0.15) is 5.76 Å². The van der Waals surface area contributed by atoms with E-state index in [0.717, 1.165) is 10.0 Å². The fraction of sp³-hybridized carbons (Fsp3) is 0.250. The molecule has 0 bridgehead atoms. The Morgan fingerprint density at radius 3 is 2.33 bits per heavy atom. The van der Waals surface area contributed by atoms with E-state index in [0.29, 0.717) is 11.3 Å². The van der Waals surface area contributed by atoms with E-state index in [2.05, 4.69) is 34.2 Å². The molecular weight excluding hydrogens is 254 g/mol. The lowest BCUT2D eigenvalue weighted by atomic mass is 10.1. The highest BCUT2D eigenvalue weighted by Gasteiger charge is 2.09. The molecule has 0 aliphatic rings. The van der Waals surface area contributed by atoms with Gasteiger partial charge in [-0.1, -0.05) is 20.4 Å². The lowest BCUT2D eigenvalue weighted by molar-refractivity contribution is 0.513. The number of hydrogen-bond acceptors (Lipinski definition) is 2. The zero-order valence-corrected chi connectivity index (χ0v) is 10.9. The van der Waals surface area contributed by atoms with Gasteiger partial charge >= 0.3 is 0 Å². The molecule has 0 aromatic heterocycles. The first kappa shape index (κ1) is 13.9. The molecule has 82 valence electrons. The number of aliphatic imine (C=N–C) groups is 1. The molecule has 2 nitrogen and oxygen atoms in total. The third-order valence-electron chi connectivity index (χ3n) is 1.67. The largest absolute Gasteiger partial charge is 0.508 e. The smallest absolute Gasteiger partial charge is 0.118 e. The highest BCUT2D eigenvalue weighted by molar-refractivity contribution is 9.10. The van der Waals surface area contributed by atoms with Crippen molar-refractivity contribution in [3.8, 4) is 0 Å². The van der Waals surface area contributed by atoms with Gasteiger partial charge in [-0.3, -0.25) is 4.99 Å². The Balaban J connectivity index is 0.000000921. The summed E-state index contributed by atoms with van der Waals surface area (Å²) >= 11 is 3.33. The molecule has 0 radical (unpaired) electrons. The van der Waals surface area contributed by atoms with Gasteiger partial charge in [-0.25, -0.2) is 0 Å². The third kappa shape index (κ3) is 3.51. The second-order valence-electron chi connectivity index (χ2n) is 2.75. The van der Waals surface area contributed by atoms with Gasteiger partial charge < -0.3 is 5.11 Å².